The fraction of sp³-hybridized carbons (Fsp3) is 0.688. The predicted octanol–water partition coefficient (Wildman–Crippen LogP) is 3.62. The highest BCUT2D eigenvalue weighted by Crippen LogP contribution is 2.18. The highest BCUT2D eigenvalue weighted by atomic mass is 15.1. The highest BCUT2D eigenvalue weighted by molar-refractivity contribution is 5.44. The minimum Gasteiger partial charge on any atom is -0.370 e. The molecule has 3 heteroatoms. The summed E-state index contributed by atoms with van der Waals surface area (Å²) < 4.78 is 0. The Hall–Kier alpha value is -1.09. The van der Waals surface area contributed by atoms with Crippen molar-refractivity contribution >= 4 is 5.69 Å². The molecule has 1 N–H and O–H groups in total. The maximum absolute atomic E-state index is 4.60. The van der Waals surface area contributed by atoms with Crippen LogP contribution in [0.5, 0.6) is 0 Å². The van der Waals surface area contributed by atoms with Gasteiger partial charge in [0.25, 0.3) is 0 Å². The molecule has 19 heavy (non-hydrogen) atoms. The molecule has 0 aliphatic heterocycles. The summed E-state index contributed by atoms with van der Waals surface area (Å²) in [7, 11) is 0. The number of anilines is 1. The van der Waals surface area contributed by atoms with Crippen LogP contribution in [0.3, 0.4) is 0 Å². The van der Waals surface area contributed by atoms with Gasteiger partial charge in [0.2, 0.25) is 0 Å². The fourth-order valence-electron chi connectivity index (χ4n) is 2.17. The SMILES string of the molecule is CCNC(C)c1ccc(N(CC)CC(C)CC)cn1. The standard InChI is InChI=1S/C16H29N3/c1-6-13(4)12-19(8-3)15-9-10-16(18-11-15)14(5)17-7-2/h9-11,13-14,17H,6-8,12H2,1-5H3. The van der Waals surface area contributed by atoms with Crippen molar-refractivity contribution in [3.8, 4) is 0 Å². The average Bonchev–Trinajstić information content (AvgIpc) is 2.45. The third-order valence-corrected chi connectivity index (χ3v) is 3.70. The molecule has 0 aromatic carbocycles. The van der Waals surface area contributed by atoms with Gasteiger partial charge in [0.1, 0.15) is 0 Å². The summed E-state index contributed by atoms with van der Waals surface area (Å²) in [6.07, 6.45) is 3.23. The Morgan fingerprint density at radius 1 is 1.21 bits per heavy atom. The van der Waals surface area contributed by atoms with E-state index < -0.39 is 0 Å². The van der Waals surface area contributed by atoms with Crippen molar-refractivity contribution in [2.45, 2.75) is 47.1 Å². The van der Waals surface area contributed by atoms with Crippen LogP contribution in [-0.4, -0.2) is 24.6 Å². The quantitative estimate of drug-likeness (QED) is 0.776. The molecule has 0 amide bonds. The summed E-state index contributed by atoms with van der Waals surface area (Å²) in [6, 6.07) is 4.66. The molecule has 0 aliphatic rings. The molecule has 0 spiro atoms. The van der Waals surface area contributed by atoms with E-state index in [-0.39, 0.29) is 0 Å². The van der Waals surface area contributed by atoms with Crippen LogP contribution in [0.25, 0.3) is 0 Å². The second-order valence-corrected chi connectivity index (χ2v) is 5.27. The van der Waals surface area contributed by atoms with Crippen LogP contribution in [0.2, 0.25) is 0 Å². The Morgan fingerprint density at radius 3 is 2.42 bits per heavy atom. The van der Waals surface area contributed by atoms with E-state index in [0.29, 0.717) is 6.04 Å². The second kappa shape index (κ2) is 8.16. The van der Waals surface area contributed by atoms with Gasteiger partial charge in [-0.2, -0.15) is 0 Å². The normalized spacial score (nSPS) is 14.2. The first kappa shape index (κ1) is 16.0. The molecule has 108 valence electrons. The third-order valence-electron chi connectivity index (χ3n) is 3.70. The van der Waals surface area contributed by atoms with Crippen LogP contribution in [0.4, 0.5) is 5.69 Å². The van der Waals surface area contributed by atoms with Crippen molar-refractivity contribution in [3.63, 3.8) is 0 Å². The number of hydrogen-bond acceptors (Lipinski definition) is 3. The van der Waals surface area contributed by atoms with Gasteiger partial charge in [-0.15, -0.1) is 0 Å². The average molecular weight is 263 g/mol. The monoisotopic (exact) mass is 263 g/mol. The van der Waals surface area contributed by atoms with Gasteiger partial charge in [-0.3, -0.25) is 4.98 Å². The van der Waals surface area contributed by atoms with E-state index in [4.69, 9.17) is 0 Å². The lowest BCUT2D eigenvalue weighted by Gasteiger charge is -2.26. The van der Waals surface area contributed by atoms with Gasteiger partial charge in [0.15, 0.2) is 0 Å². The van der Waals surface area contributed by atoms with E-state index >= 15 is 0 Å². The van der Waals surface area contributed by atoms with E-state index in [0.717, 1.165) is 31.2 Å². The van der Waals surface area contributed by atoms with Crippen molar-refractivity contribution in [3.05, 3.63) is 24.0 Å². The minimum absolute atomic E-state index is 0.323. The molecule has 0 aliphatic carbocycles. The number of rotatable bonds is 8. The smallest absolute Gasteiger partial charge is 0.0572 e. The molecule has 0 saturated carbocycles. The van der Waals surface area contributed by atoms with Crippen molar-refractivity contribution in [1.29, 1.82) is 0 Å². The number of nitrogens with zero attached hydrogens (tertiary/aromatic N) is 2. The van der Waals surface area contributed by atoms with E-state index in [1.807, 2.05) is 6.20 Å². The summed E-state index contributed by atoms with van der Waals surface area (Å²) in [5.74, 6) is 0.723. The number of pyridine rings is 1. The van der Waals surface area contributed by atoms with E-state index in [1.54, 1.807) is 0 Å². The van der Waals surface area contributed by atoms with Gasteiger partial charge in [-0.1, -0.05) is 27.2 Å². The Bertz CT molecular complexity index is 348. The van der Waals surface area contributed by atoms with Crippen LogP contribution < -0.4 is 10.2 Å². The lowest BCUT2D eigenvalue weighted by Crippen LogP contribution is -2.28. The molecule has 1 heterocycles. The van der Waals surface area contributed by atoms with Crippen molar-refractivity contribution in [2.75, 3.05) is 24.5 Å². The molecule has 3 nitrogen and oxygen atoms in total. The Labute approximate surface area is 118 Å². The van der Waals surface area contributed by atoms with Crippen LogP contribution in [0.1, 0.15) is 52.8 Å². The largest absolute Gasteiger partial charge is 0.370 e. The maximum atomic E-state index is 4.60. The van der Waals surface area contributed by atoms with E-state index in [9.17, 15) is 0 Å². The van der Waals surface area contributed by atoms with Crippen LogP contribution in [-0.2, 0) is 0 Å². The first-order valence-electron chi connectivity index (χ1n) is 7.56. The summed E-state index contributed by atoms with van der Waals surface area (Å²) in [6.45, 7) is 14.1. The molecule has 0 radical (unpaired) electrons. The molecule has 1 aromatic heterocycles. The number of aromatic nitrogens is 1. The van der Waals surface area contributed by atoms with Crippen LogP contribution >= 0.6 is 0 Å². The van der Waals surface area contributed by atoms with Gasteiger partial charge >= 0.3 is 0 Å². The maximum Gasteiger partial charge on any atom is 0.0572 e. The van der Waals surface area contributed by atoms with Gasteiger partial charge < -0.3 is 10.2 Å². The molecule has 1 rings (SSSR count). The molecule has 2 atom stereocenters. The zero-order valence-electron chi connectivity index (χ0n) is 13.1. The highest BCUT2D eigenvalue weighted by Gasteiger charge is 2.10. The summed E-state index contributed by atoms with van der Waals surface area (Å²) in [5, 5.41) is 3.39. The summed E-state index contributed by atoms with van der Waals surface area (Å²) >= 11 is 0. The van der Waals surface area contributed by atoms with Gasteiger partial charge in [-0.05, 0) is 38.4 Å². The zero-order chi connectivity index (χ0) is 14.3. The zero-order valence-corrected chi connectivity index (χ0v) is 13.1. The molecular weight excluding hydrogens is 234 g/mol. The Balaban J connectivity index is 2.72. The predicted molar refractivity (Wildman–Crippen MR) is 83.7 cm³/mol. The lowest BCUT2D eigenvalue weighted by molar-refractivity contribution is 0.547. The number of nitrogens with one attached hydrogen (secondary N) is 1. The van der Waals surface area contributed by atoms with Gasteiger partial charge in [0, 0.05) is 19.1 Å². The minimum atomic E-state index is 0.323. The molecule has 0 saturated heterocycles. The molecule has 1 aromatic rings. The van der Waals surface area contributed by atoms with Gasteiger partial charge in [-0.25, -0.2) is 0 Å². The topological polar surface area (TPSA) is 28.2 Å². The molecule has 0 fully saturated rings. The lowest BCUT2D eigenvalue weighted by atomic mass is 10.1. The van der Waals surface area contributed by atoms with Crippen molar-refractivity contribution < 1.29 is 0 Å². The molecule has 0 bridgehead atoms. The van der Waals surface area contributed by atoms with Crippen molar-refractivity contribution in [1.82, 2.24) is 10.3 Å². The van der Waals surface area contributed by atoms with Crippen LogP contribution in [0.15, 0.2) is 18.3 Å². The Kier molecular flexibility index (Phi) is 6.85. The molecular formula is C16H29N3. The number of hydrogen-bond donors (Lipinski definition) is 1. The summed E-state index contributed by atoms with van der Waals surface area (Å²) in [4.78, 5) is 7.00. The fourth-order valence-corrected chi connectivity index (χ4v) is 2.17. The van der Waals surface area contributed by atoms with Crippen LogP contribution in [0, 0.1) is 5.92 Å². The first-order valence-corrected chi connectivity index (χ1v) is 7.56. The first-order chi connectivity index (χ1) is 9.12. The second-order valence-electron chi connectivity index (χ2n) is 5.27. The van der Waals surface area contributed by atoms with E-state index in [2.05, 4.69) is 62.0 Å². The molecule has 2 unspecified atom stereocenters. The summed E-state index contributed by atoms with van der Waals surface area (Å²) in [5.41, 5.74) is 2.35. The van der Waals surface area contributed by atoms with Gasteiger partial charge in [0.05, 0.1) is 17.6 Å². The van der Waals surface area contributed by atoms with E-state index in [1.165, 1.54) is 12.1 Å². The third kappa shape index (κ3) is 4.83. The Morgan fingerprint density at radius 2 is 1.95 bits per heavy atom. The van der Waals surface area contributed by atoms with Crippen molar-refractivity contribution in [2.24, 2.45) is 5.92 Å².